The topological polar surface area (TPSA) is 61.4 Å². The normalized spacial score (nSPS) is 12.0. The number of sulfonamides is 1. The molecule has 1 rings (SSSR count). The summed E-state index contributed by atoms with van der Waals surface area (Å²) in [7, 11) is 0.0224. The van der Waals surface area contributed by atoms with Gasteiger partial charge in [0.15, 0.2) is 0 Å². The van der Waals surface area contributed by atoms with Gasteiger partial charge in [0.05, 0.1) is 0 Å². The van der Waals surface area contributed by atoms with Crippen LogP contribution in [0, 0.1) is 5.82 Å². The number of benzene rings is 1. The van der Waals surface area contributed by atoms with Crippen molar-refractivity contribution < 1.29 is 12.8 Å². The highest BCUT2D eigenvalue weighted by atomic mass is 32.2. The van der Waals surface area contributed by atoms with Crippen molar-refractivity contribution in [2.45, 2.75) is 24.8 Å². The molecule has 0 radical (unpaired) electrons. The Bertz CT molecular complexity index is 547. The molecule has 5 nitrogen and oxygen atoms in total. The molecule has 1 aromatic carbocycles. The highest BCUT2D eigenvalue weighted by molar-refractivity contribution is 7.89. The van der Waals surface area contributed by atoms with E-state index in [9.17, 15) is 12.8 Å². The van der Waals surface area contributed by atoms with Crippen LogP contribution >= 0.6 is 0 Å². The minimum atomic E-state index is -3.81. The molecule has 0 aromatic heterocycles. The third kappa shape index (κ3) is 6.09. The first-order valence-electron chi connectivity index (χ1n) is 7.00. The molecule has 21 heavy (non-hydrogen) atoms. The summed E-state index contributed by atoms with van der Waals surface area (Å²) in [5, 5.41) is 3.08. The Morgan fingerprint density at radius 1 is 1.29 bits per heavy atom. The zero-order chi connectivity index (χ0) is 15.9. The lowest BCUT2D eigenvalue weighted by Crippen LogP contribution is -2.28. The molecule has 0 atom stereocenters. The number of halogens is 1. The maximum Gasteiger partial charge on any atom is 0.243 e. The van der Waals surface area contributed by atoms with Gasteiger partial charge in [0.2, 0.25) is 10.0 Å². The molecule has 0 fully saturated rings. The molecule has 1 aromatic rings. The number of nitrogens with zero attached hydrogens (tertiary/aromatic N) is 1. The van der Waals surface area contributed by atoms with Crippen LogP contribution in [0.2, 0.25) is 0 Å². The van der Waals surface area contributed by atoms with Crippen molar-refractivity contribution in [2.75, 3.05) is 33.7 Å². The van der Waals surface area contributed by atoms with Gasteiger partial charge in [-0.15, -0.1) is 0 Å². The Hall–Kier alpha value is -1.02. The summed E-state index contributed by atoms with van der Waals surface area (Å²) in [5.41, 5.74) is 0.743. The molecule has 0 aliphatic rings. The molecule has 0 saturated carbocycles. The quantitative estimate of drug-likeness (QED) is 0.671. The van der Waals surface area contributed by atoms with Crippen LogP contribution in [0.4, 0.5) is 4.39 Å². The highest BCUT2D eigenvalue weighted by Gasteiger charge is 2.19. The van der Waals surface area contributed by atoms with Crippen LogP contribution in [0.3, 0.4) is 0 Å². The van der Waals surface area contributed by atoms with Gasteiger partial charge in [0, 0.05) is 13.1 Å². The largest absolute Gasteiger partial charge is 0.313 e. The first-order valence-corrected chi connectivity index (χ1v) is 8.48. The lowest BCUT2D eigenvalue weighted by atomic mass is 10.2. The van der Waals surface area contributed by atoms with Crippen LogP contribution < -0.4 is 10.0 Å². The molecule has 7 heteroatoms. The third-order valence-corrected chi connectivity index (χ3v) is 4.41. The van der Waals surface area contributed by atoms with Gasteiger partial charge < -0.3 is 10.2 Å². The Labute approximate surface area is 126 Å². The van der Waals surface area contributed by atoms with Crippen molar-refractivity contribution in [3.63, 3.8) is 0 Å². The van der Waals surface area contributed by atoms with Crippen LogP contribution in [0.5, 0.6) is 0 Å². The zero-order valence-corrected chi connectivity index (χ0v) is 13.6. The average molecular weight is 317 g/mol. The standard InChI is InChI=1S/C14H24FN3O2S/c1-4-16-11-12-6-7-13(15)14(10-12)21(19,20)17-8-5-9-18(2)3/h6-7,10,16-17H,4-5,8-9,11H2,1-3H3. The molecule has 0 saturated heterocycles. The molecular weight excluding hydrogens is 293 g/mol. The van der Waals surface area contributed by atoms with E-state index in [1.807, 2.05) is 25.9 Å². The smallest absolute Gasteiger partial charge is 0.243 e. The van der Waals surface area contributed by atoms with E-state index in [1.165, 1.54) is 12.1 Å². The van der Waals surface area contributed by atoms with Gasteiger partial charge in [-0.1, -0.05) is 13.0 Å². The van der Waals surface area contributed by atoms with Crippen molar-refractivity contribution in [1.82, 2.24) is 14.9 Å². The first kappa shape index (κ1) is 18.0. The van der Waals surface area contributed by atoms with Crippen LogP contribution in [0.25, 0.3) is 0 Å². The van der Waals surface area contributed by atoms with E-state index in [2.05, 4.69) is 10.0 Å². The number of hydrogen-bond acceptors (Lipinski definition) is 4. The fourth-order valence-corrected chi connectivity index (χ4v) is 3.01. The number of rotatable bonds is 9. The average Bonchev–Trinajstić information content (AvgIpc) is 2.42. The maximum atomic E-state index is 13.8. The van der Waals surface area contributed by atoms with Crippen molar-refractivity contribution >= 4 is 10.0 Å². The summed E-state index contributed by atoms with van der Waals surface area (Å²) in [4.78, 5) is 1.68. The Balaban J connectivity index is 2.76. The van der Waals surface area contributed by atoms with E-state index in [-0.39, 0.29) is 11.4 Å². The molecule has 0 bridgehead atoms. The fourth-order valence-electron chi connectivity index (χ4n) is 1.81. The second-order valence-corrected chi connectivity index (χ2v) is 6.84. The van der Waals surface area contributed by atoms with Gasteiger partial charge in [-0.3, -0.25) is 0 Å². The van der Waals surface area contributed by atoms with Gasteiger partial charge in [-0.25, -0.2) is 17.5 Å². The molecule has 0 heterocycles. The van der Waals surface area contributed by atoms with Gasteiger partial charge in [-0.2, -0.15) is 0 Å². The molecule has 0 amide bonds. The molecule has 0 unspecified atom stereocenters. The second-order valence-electron chi connectivity index (χ2n) is 5.10. The Morgan fingerprint density at radius 3 is 2.62 bits per heavy atom. The monoisotopic (exact) mass is 317 g/mol. The molecule has 0 aliphatic carbocycles. The van der Waals surface area contributed by atoms with Crippen LogP contribution in [0.1, 0.15) is 18.9 Å². The molecular formula is C14H24FN3O2S. The summed E-state index contributed by atoms with van der Waals surface area (Å²) >= 11 is 0. The van der Waals surface area contributed by atoms with E-state index in [1.54, 1.807) is 6.07 Å². The summed E-state index contributed by atoms with van der Waals surface area (Å²) in [5.74, 6) is -0.727. The van der Waals surface area contributed by atoms with Gasteiger partial charge in [-0.05, 0) is 51.3 Å². The first-order chi connectivity index (χ1) is 9.86. The molecule has 0 aliphatic heterocycles. The van der Waals surface area contributed by atoms with Gasteiger partial charge >= 0.3 is 0 Å². The maximum absolute atomic E-state index is 13.8. The highest BCUT2D eigenvalue weighted by Crippen LogP contribution is 2.16. The molecule has 120 valence electrons. The van der Waals surface area contributed by atoms with E-state index >= 15 is 0 Å². The lowest BCUT2D eigenvalue weighted by Gasteiger charge is -2.12. The van der Waals surface area contributed by atoms with Gasteiger partial charge in [0.25, 0.3) is 0 Å². The van der Waals surface area contributed by atoms with Crippen molar-refractivity contribution in [1.29, 1.82) is 0 Å². The van der Waals surface area contributed by atoms with E-state index in [0.29, 0.717) is 13.0 Å². The van der Waals surface area contributed by atoms with Crippen LogP contribution in [-0.4, -0.2) is 47.0 Å². The fraction of sp³-hybridized carbons (Fsp3) is 0.571. The number of nitrogens with one attached hydrogen (secondary N) is 2. The van der Waals surface area contributed by atoms with E-state index in [4.69, 9.17) is 0 Å². The zero-order valence-electron chi connectivity index (χ0n) is 12.8. The SMILES string of the molecule is CCNCc1ccc(F)c(S(=O)(=O)NCCCN(C)C)c1. The molecule has 0 spiro atoms. The minimum absolute atomic E-state index is 0.289. The summed E-state index contributed by atoms with van der Waals surface area (Å²) in [6.07, 6.45) is 0.672. The predicted octanol–water partition coefficient (Wildman–Crippen LogP) is 1.17. The van der Waals surface area contributed by atoms with Crippen LogP contribution in [0.15, 0.2) is 23.1 Å². The summed E-state index contributed by atoms with van der Waals surface area (Å²) in [6, 6.07) is 4.16. The predicted molar refractivity (Wildman–Crippen MR) is 82.1 cm³/mol. The van der Waals surface area contributed by atoms with Crippen LogP contribution in [-0.2, 0) is 16.6 Å². The van der Waals surface area contributed by atoms with Crippen molar-refractivity contribution in [2.24, 2.45) is 0 Å². The number of hydrogen-bond donors (Lipinski definition) is 2. The van der Waals surface area contributed by atoms with E-state index < -0.39 is 15.8 Å². The minimum Gasteiger partial charge on any atom is -0.313 e. The van der Waals surface area contributed by atoms with Gasteiger partial charge in [0.1, 0.15) is 10.7 Å². The Morgan fingerprint density at radius 2 is 2.00 bits per heavy atom. The third-order valence-electron chi connectivity index (χ3n) is 2.94. The van der Waals surface area contributed by atoms with E-state index in [0.717, 1.165) is 18.7 Å². The Kier molecular flexibility index (Phi) is 7.24. The lowest BCUT2D eigenvalue weighted by molar-refractivity contribution is 0.400. The summed E-state index contributed by atoms with van der Waals surface area (Å²) in [6.45, 7) is 4.29. The molecule has 2 N–H and O–H groups in total. The second kappa shape index (κ2) is 8.43. The summed E-state index contributed by atoms with van der Waals surface area (Å²) < 4.78 is 40.5. The van der Waals surface area contributed by atoms with Crippen molar-refractivity contribution in [3.05, 3.63) is 29.6 Å². The van der Waals surface area contributed by atoms with Crippen molar-refractivity contribution in [3.8, 4) is 0 Å².